The summed E-state index contributed by atoms with van der Waals surface area (Å²) >= 11 is 0. The number of amides is 2. The molecule has 0 aromatic heterocycles. The molecule has 9 heteroatoms. The number of ether oxygens (including phenoxy) is 1. The van der Waals surface area contributed by atoms with Crippen LogP contribution in [0, 0.1) is 17.2 Å². The molecule has 0 aromatic rings. The van der Waals surface area contributed by atoms with Crippen LogP contribution in [0.2, 0.25) is 0 Å². The van der Waals surface area contributed by atoms with Crippen LogP contribution in [0.15, 0.2) is 4.99 Å². The van der Waals surface area contributed by atoms with Crippen LogP contribution in [-0.4, -0.2) is 79.2 Å². The quantitative estimate of drug-likeness (QED) is 0.442. The number of aliphatic imine (C=N–C) groups is 1. The summed E-state index contributed by atoms with van der Waals surface area (Å²) in [6.45, 7) is 9.10. The summed E-state index contributed by atoms with van der Waals surface area (Å²) in [6.07, 6.45) is 12.3. The summed E-state index contributed by atoms with van der Waals surface area (Å²) in [4.78, 5) is 33.5. The molecule has 0 spiro atoms. The number of piperidine rings is 1. The maximum absolute atomic E-state index is 12.8. The molecule has 2 saturated heterocycles. The average molecular weight is 505 g/mol. The van der Waals surface area contributed by atoms with Gasteiger partial charge < -0.3 is 19.9 Å². The summed E-state index contributed by atoms with van der Waals surface area (Å²) in [5.74, 6) is 1.09. The summed E-state index contributed by atoms with van der Waals surface area (Å²) in [5, 5.41) is 15.3. The predicted molar refractivity (Wildman–Crippen MR) is 143 cm³/mol. The van der Waals surface area contributed by atoms with Crippen molar-refractivity contribution in [2.45, 2.75) is 103 Å². The Bertz CT molecular complexity index is 743. The molecule has 2 aliphatic heterocycles. The molecular weight excluding hydrogens is 456 g/mol. The van der Waals surface area contributed by atoms with Gasteiger partial charge in [0.15, 0.2) is 0 Å². The standard InChI is InChI=1S/C20H34N6O3.C7H14/c1-4-29-19(28)23-18(26-11-7-5-6-8-12-26)22-16(2)17(27)24-20(15-21)9-13-25(3)14-10-20;1-7-5-3-2-4-6-7/h16H,4-14H2,1-3H3,(H,24,27)(H,22,23,28);7H,2-6H2,1H3. The Morgan fingerprint density at radius 1 is 1.06 bits per heavy atom. The van der Waals surface area contributed by atoms with E-state index in [-0.39, 0.29) is 12.5 Å². The molecule has 36 heavy (non-hydrogen) atoms. The first-order chi connectivity index (χ1) is 17.3. The number of nitrogens with one attached hydrogen (secondary N) is 2. The van der Waals surface area contributed by atoms with Gasteiger partial charge in [-0.05, 0) is 52.5 Å². The molecule has 3 aliphatic rings. The van der Waals surface area contributed by atoms with Crippen molar-refractivity contribution in [3.8, 4) is 6.07 Å². The van der Waals surface area contributed by atoms with Gasteiger partial charge in [0.1, 0.15) is 11.6 Å². The second-order valence-corrected chi connectivity index (χ2v) is 10.6. The maximum Gasteiger partial charge on any atom is 0.413 e. The fraction of sp³-hybridized carbons (Fsp3) is 0.852. The zero-order valence-electron chi connectivity index (χ0n) is 23.0. The van der Waals surface area contributed by atoms with E-state index in [1.54, 1.807) is 13.8 Å². The number of guanidine groups is 1. The normalized spacial score (nSPS) is 22.2. The van der Waals surface area contributed by atoms with Crippen LogP contribution < -0.4 is 10.6 Å². The lowest BCUT2D eigenvalue weighted by atomic mass is 9.89. The van der Waals surface area contributed by atoms with Crippen LogP contribution in [0.3, 0.4) is 0 Å². The van der Waals surface area contributed by atoms with Crippen molar-refractivity contribution in [2.24, 2.45) is 10.9 Å². The van der Waals surface area contributed by atoms with E-state index < -0.39 is 17.7 Å². The molecule has 2 amide bonds. The summed E-state index contributed by atoms with van der Waals surface area (Å²) in [5.41, 5.74) is -0.856. The molecule has 1 atom stereocenters. The number of nitriles is 1. The number of likely N-dealkylation sites (tertiary alicyclic amines) is 2. The Kier molecular flexibility index (Phi) is 13.0. The van der Waals surface area contributed by atoms with Gasteiger partial charge in [0.25, 0.3) is 0 Å². The largest absolute Gasteiger partial charge is 0.450 e. The van der Waals surface area contributed by atoms with E-state index >= 15 is 0 Å². The van der Waals surface area contributed by atoms with Crippen LogP contribution in [0.5, 0.6) is 0 Å². The van der Waals surface area contributed by atoms with E-state index in [4.69, 9.17) is 4.74 Å². The van der Waals surface area contributed by atoms with Crippen molar-refractivity contribution in [3.63, 3.8) is 0 Å². The SMILES string of the molecule is CC1CCCCC1.CCOC(=O)NC(=NC(C)C(=O)NC1(C#N)CCN(C)CC1)N1CCCCCC1. The van der Waals surface area contributed by atoms with Gasteiger partial charge in [0.2, 0.25) is 11.9 Å². The van der Waals surface area contributed by atoms with Gasteiger partial charge in [0, 0.05) is 26.2 Å². The molecule has 1 saturated carbocycles. The molecular formula is C27H48N6O3. The zero-order valence-corrected chi connectivity index (χ0v) is 23.0. The van der Waals surface area contributed by atoms with Gasteiger partial charge in [-0.2, -0.15) is 5.26 Å². The third-order valence-electron chi connectivity index (χ3n) is 7.40. The average Bonchev–Trinajstić information content (AvgIpc) is 3.16. The minimum Gasteiger partial charge on any atom is -0.450 e. The molecule has 1 unspecified atom stereocenters. The smallest absolute Gasteiger partial charge is 0.413 e. The molecule has 204 valence electrons. The highest BCUT2D eigenvalue weighted by Crippen LogP contribution is 2.22. The molecule has 0 radical (unpaired) electrons. The monoisotopic (exact) mass is 504 g/mol. The van der Waals surface area contributed by atoms with Gasteiger partial charge in [0.05, 0.1) is 12.7 Å². The van der Waals surface area contributed by atoms with E-state index in [2.05, 4.69) is 33.5 Å². The van der Waals surface area contributed by atoms with Crippen molar-refractivity contribution in [1.82, 2.24) is 20.4 Å². The zero-order chi connectivity index (χ0) is 26.4. The fourth-order valence-corrected chi connectivity index (χ4v) is 4.89. The van der Waals surface area contributed by atoms with Crippen molar-refractivity contribution in [2.75, 3.05) is 39.8 Å². The molecule has 1 aliphatic carbocycles. The van der Waals surface area contributed by atoms with Crippen LogP contribution in [-0.2, 0) is 9.53 Å². The molecule has 3 fully saturated rings. The molecule has 3 rings (SSSR count). The maximum atomic E-state index is 12.8. The fourth-order valence-electron chi connectivity index (χ4n) is 4.89. The topological polar surface area (TPSA) is 110 Å². The van der Waals surface area contributed by atoms with E-state index in [0.717, 1.165) is 57.8 Å². The van der Waals surface area contributed by atoms with Crippen molar-refractivity contribution in [1.29, 1.82) is 5.26 Å². The third-order valence-corrected chi connectivity index (χ3v) is 7.40. The van der Waals surface area contributed by atoms with Crippen LogP contribution in [0.4, 0.5) is 4.79 Å². The van der Waals surface area contributed by atoms with Crippen LogP contribution in [0.1, 0.15) is 91.4 Å². The molecule has 0 aromatic carbocycles. The highest BCUT2D eigenvalue weighted by Gasteiger charge is 2.36. The second kappa shape index (κ2) is 15.7. The van der Waals surface area contributed by atoms with Crippen LogP contribution in [0.25, 0.3) is 0 Å². The van der Waals surface area contributed by atoms with Crippen LogP contribution >= 0.6 is 0 Å². The van der Waals surface area contributed by atoms with Gasteiger partial charge >= 0.3 is 6.09 Å². The van der Waals surface area contributed by atoms with Crippen molar-refractivity contribution < 1.29 is 14.3 Å². The number of hydrogen-bond acceptors (Lipinski definition) is 6. The Labute approximate surface area is 218 Å². The predicted octanol–water partition coefficient (Wildman–Crippen LogP) is 4.04. The number of rotatable bonds is 4. The Morgan fingerprint density at radius 3 is 2.14 bits per heavy atom. The van der Waals surface area contributed by atoms with Gasteiger partial charge in [-0.1, -0.05) is 51.9 Å². The second-order valence-electron chi connectivity index (χ2n) is 10.6. The number of alkyl carbamates (subject to hydrolysis) is 1. The number of hydrogen-bond donors (Lipinski definition) is 2. The summed E-state index contributed by atoms with van der Waals surface area (Å²) in [7, 11) is 2.00. The number of carbonyl (C=O) groups excluding carboxylic acids is 2. The van der Waals surface area contributed by atoms with E-state index in [1.165, 1.54) is 32.1 Å². The first kappa shape index (κ1) is 29.9. The molecule has 9 nitrogen and oxygen atoms in total. The Morgan fingerprint density at radius 2 is 1.64 bits per heavy atom. The van der Waals surface area contributed by atoms with Crippen molar-refractivity contribution >= 4 is 18.0 Å². The van der Waals surface area contributed by atoms with E-state index in [1.807, 2.05) is 11.9 Å². The van der Waals surface area contributed by atoms with Gasteiger partial charge in [-0.3, -0.25) is 10.1 Å². The van der Waals surface area contributed by atoms with Gasteiger partial charge in [-0.15, -0.1) is 0 Å². The molecule has 0 bridgehead atoms. The highest BCUT2D eigenvalue weighted by atomic mass is 16.5. The Hall–Kier alpha value is -2.34. The Balaban J connectivity index is 0.000000558. The first-order valence-corrected chi connectivity index (χ1v) is 14.0. The lowest BCUT2D eigenvalue weighted by Crippen LogP contribution is -2.56. The highest BCUT2D eigenvalue weighted by molar-refractivity contribution is 5.95. The van der Waals surface area contributed by atoms with Gasteiger partial charge in [-0.25, -0.2) is 9.79 Å². The number of carbonyl (C=O) groups is 2. The molecule has 2 heterocycles. The number of nitrogens with zero attached hydrogens (tertiary/aromatic N) is 4. The minimum absolute atomic E-state index is 0.258. The molecule has 2 N–H and O–H groups in total. The lowest BCUT2D eigenvalue weighted by molar-refractivity contribution is -0.123. The van der Waals surface area contributed by atoms with Crippen molar-refractivity contribution in [3.05, 3.63) is 0 Å². The third kappa shape index (κ3) is 10.3. The van der Waals surface area contributed by atoms with E-state index in [9.17, 15) is 14.9 Å². The van der Waals surface area contributed by atoms with E-state index in [0.29, 0.717) is 18.8 Å². The first-order valence-electron chi connectivity index (χ1n) is 14.0. The summed E-state index contributed by atoms with van der Waals surface area (Å²) < 4.78 is 5.00. The minimum atomic E-state index is -0.856. The lowest BCUT2D eigenvalue weighted by Gasteiger charge is -2.36. The summed E-state index contributed by atoms with van der Waals surface area (Å²) in [6, 6.07) is 1.55.